The van der Waals surface area contributed by atoms with E-state index in [1.54, 1.807) is 23.6 Å². The van der Waals surface area contributed by atoms with Crippen molar-refractivity contribution < 1.29 is 33.8 Å². The van der Waals surface area contributed by atoms with E-state index in [9.17, 15) is 0 Å². The topological polar surface area (TPSA) is 24.7 Å². The summed E-state index contributed by atoms with van der Waals surface area (Å²) < 4.78 is 77.6. The van der Waals surface area contributed by atoms with Crippen LogP contribution in [0, 0.1) is 12.1 Å². The molecule has 5 rings (SSSR count). The molecule has 4 unspecified atom stereocenters. The monoisotopic (exact) mass is 623 g/mol. The van der Waals surface area contributed by atoms with Crippen LogP contribution in [0.1, 0.15) is 44.9 Å². The Morgan fingerprint density at radius 2 is 2.19 bits per heavy atom. The van der Waals surface area contributed by atoms with Gasteiger partial charge in [0, 0.05) is 45.4 Å². The molecule has 4 atom stereocenters. The third kappa shape index (κ3) is 5.58. The summed E-state index contributed by atoms with van der Waals surface area (Å²) in [6.45, 7) is 1.41. The minimum atomic E-state index is -1.29. The Morgan fingerprint density at radius 1 is 1.25 bits per heavy atom. The molecule has 0 aliphatic carbocycles. The largest absolute Gasteiger partial charge is 0.309 e. The maximum absolute atomic E-state index is 8.20. The normalized spacial score (nSPS) is 30.9. The predicted molar refractivity (Wildman–Crippen MR) is 136 cm³/mol. The number of rotatable bonds is 4. The van der Waals surface area contributed by atoms with Gasteiger partial charge in [-0.3, -0.25) is 0 Å². The number of fused-ring (bicyclic) bond motifs is 3. The van der Waals surface area contributed by atoms with E-state index in [4.69, 9.17) is 13.7 Å². The maximum Gasteiger partial charge on any atom is 0.0826 e. The van der Waals surface area contributed by atoms with Gasteiger partial charge in [-0.1, -0.05) is 35.7 Å². The summed E-state index contributed by atoms with van der Waals surface area (Å²) in [6, 6.07) is 14.2. The van der Waals surface area contributed by atoms with Crippen LogP contribution < -0.4 is 0 Å². The van der Waals surface area contributed by atoms with Gasteiger partial charge in [-0.15, -0.1) is 54.1 Å². The molecule has 0 N–H and O–H groups in total. The number of nitrogens with zero attached hydrogens (tertiary/aromatic N) is 2. The average molecular weight is 623 g/mol. The zero-order valence-electron chi connectivity index (χ0n) is 26.7. The van der Waals surface area contributed by atoms with Gasteiger partial charge < -0.3 is 9.98 Å². The fourth-order valence-electron chi connectivity index (χ4n) is 3.00. The smallest absolute Gasteiger partial charge is 0.0826 e. The third-order valence-corrected chi connectivity index (χ3v) is 5.57. The molecule has 3 aromatic rings. The van der Waals surface area contributed by atoms with Gasteiger partial charge in [0.1, 0.15) is 0 Å². The van der Waals surface area contributed by atoms with Gasteiger partial charge in [0.2, 0.25) is 0 Å². The Hall–Kier alpha value is -2.65. The van der Waals surface area contributed by atoms with Crippen molar-refractivity contribution in [3.05, 3.63) is 109 Å². The molecule has 32 heavy (non-hydrogen) atoms. The summed E-state index contributed by atoms with van der Waals surface area (Å²) in [7, 11) is 0. The minimum absolute atomic E-state index is 0. The number of thiophene rings is 1. The quantitative estimate of drug-likeness (QED) is 0.210. The van der Waals surface area contributed by atoms with Gasteiger partial charge in [-0.05, 0) is 55.9 Å². The van der Waals surface area contributed by atoms with E-state index in [2.05, 4.69) is 40.3 Å². The van der Waals surface area contributed by atoms with Gasteiger partial charge in [0.15, 0.2) is 0 Å². The van der Waals surface area contributed by atoms with Crippen LogP contribution in [-0.4, -0.2) is 11.4 Å². The molecule has 163 valence electrons. The molecule has 0 spiro atoms. The molecule has 2 aliphatic heterocycles. The molecular weight excluding hydrogens is 589 g/mol. The van der Waals surface area contributed by atoms with E-state index in [1.165, 1.54) is 15.5 Å². The first-order valence-electron chi connectivity index (χ1n) is 14.8. The van der Waals surface area contributed by atoms with E-state index in [1.807, 2.05) is 18.2 Å². The van der Waals surface area contributed by atoms with Crippen molar-refractivity contribution in [2.75, 3.05) is 0 Å². The Balaban J connectivity index is 0.000000226. The van der Waals surface area contributed by atoms with Crippen LogP contribution in [-0.2, 0) is 20.1 Å². The van der Waals surface area contributed by atoms with Crippen LogP contribution in [0.25, 0.3) is 20.2 Å². The fourth-order valence-corrected chi connectivity index (χ4v) is 4.20. The summed E-state index contributed by atoms with van der Waals surface area (Å²) in [5, 5.41) is 2.40. The molecule has 0 saturated heterocycles. The van der Waals surface area contributed by atoms with Gasteiger partial charge in [-0.25, -0.2) is 0 Å². The zero-order chi connectivity index (χ0) is 29.8. The molecule has 1 radical (unpaired) electrons. The van der Waals surface area contributed by atoms with Crippen LogP contribution >= 0.6 is 11.3 Å². The Bertz CT molecular complexity index is 1690. The van der Waals surface area contributed by atoms with Gasteiger partial charge in [0.05, 0.1) is 2.74 Å². The minimum Gasteiger partial charge on any atom is -0.309 e. The molecular formula is C28H24IrN2S-2. The number of hydrogen-bond donors (Lipinski definition) is 0. The molecule has 4 heteroatoms. The van der Waals surface area contributed by atoms with Crippen LogP contribution in [0.3, 0.4) is 0 Å². The first kappa shape index (κ1) is 13.8. The van der Waals surface area contributed by atoms with E-state index < -0.39 is 43.9 Å². The fraction of sp³-hybridized carbons (Fsp3) is 0.143. The van der Waals surface area contributed by atoms with Gasteiger partial charge in [-0.2, -0.15) is 17.9 Å². The SMILES string of the molecule is [2H]C1C=CN=C(c2[c-]ccc3c2sc2ccccc23)C1[2H].[2H]C=C([2H])C([2H])=[C-]C(=C[2H])C1=NC([2H])=C([2H])C([2H])C1[2H].[Ir]. The third-order valence-electron chi connectivity index (χ3n) is 4.37. The Morgan fingerprint density at radius 3 is 3.09 bits per heavy atom. The van der Waals surface area contributed by atoms with Crippen molar-refractivity contribution in [1.82, 2.24) is 0 Å². The summed E-state index contributed by atoms with van der Waals surface area (Å²) in [5.74, 6) is 0. The molecule has 3 heterocycles. The molecule has 2 aliphatic rings. The van der Waals surface area contributed by atoms with E-state index in [0.717, 1.165) is 16.8 Å². The number of hydrogen-bond acceptors (Lipinski definition) is 3. The van der Waals surface area contributed by atoms with Crippen LogP contribution in [0.2, 0.25) is 0 Å². The Kier molecular flexibility index (Phi) is 5.10. The van der Waals surface area contributed by atoms with Crippen LogP contribution in [0.5, 0.6) is 0 Å². The average Bonchev–Trinajstić information content (AvgIpc) is 3.37. The van der Waals surface area contributed by atoms with Gasteiger partial charge in [0.25, 0.3) is 0 Å². The molecule has 0 saturated carbocycles. The van der Waals surface area contributed by atoms with Crippen molar-refractivity contribution in [3.63, 3.8) is 0 Å². The summed E-state index contributed by atoms with van der Waals surface area (Å²) in [6.07, 6.45) is 1.43. The van der Waals surface area contributed by atoms with Crippen molar-refractivity contribution in [1.29, 1.82) is 0 Å². The Labute approximate surface area is 221 Å². The van der Waals surface area contributed by atoms with Crippen molar-refractivity contribution in [2.24, 2.45) is 9.98 Å². The second-order valence-corrected chi connectivity index (χ2v) is 7.36. The van der Waals surface area contributed by atoms with Gasteiger partial charge >= 0.3 is 0 Å². The van der Waals surface area contributed by atoms with E-state index >= 15 is 0 Å². The summed E-state index contributed by atoms with van der Waals surface area (Å²) in [5.41, 5.74) is 1.31. The second-order valence-electron chi connectivity index (χ2n) is 6.30. The molecule has 2 aromatic carbocycles. The van der Waals surface area contributed by atoms with Crippen molar-refractivity contribution in [2.45, 2.75) is 25.6 Å². The standard InChI is InChI=1S/C17H12NS.C11H12N.Ir/c1-2-10-16-12(6-1)13-7-5-8-14(17(13)19-16)15-9-3-4-11-18-15;1-3-4-7-10(2)11-8-5-6-9-12-11;/h1-2,4-7,10-11H,3,9H2;3-4,6,9H,1-2,5,8H2;/q2*-1;/i3D,9D;1D,2D,3D,4D,5D,6D,8D,9D;. The van der Waals surface area contributed by atoms with Crippen molar-refractivity contribution >= 4 is 42.9 Å². The van der Waals surface area contributed by atoms with Crippen molar-refractivity contribution in [3.8, 4) is 0 Å². The first-order valence-corrected chi connectivity index (χ1v) is 10.2. The first-order chi connectivity index (χ1) is 19.6. The second kappa shape index (κ2) is 11.8. The zero-order valence-corrected chi connectivity index (χ0v) is 19.9. The van der Waals surface area contributed by atoms with E-state index in [0.29, 0.717) is 12.3 Å². The molecule has 2 nitrogen and oxygen atoms in total. The summed E-state index contributed by atoms with van der Waals surface area (Å²) >= 11 is 1.70. The maximum atomic E-state index is 8.20. The molecule has 1 aromatic heterocycles. The van der Waals surface area contributed by atoms with Crippen LogP contribution in [0.15, 0.2) is 102 Å². The number of allylic oxidation sites excluding steroid dienone is 6. The van der Waals surface area contributed by atoms with E-state index in [-0.39, 0.29) is 37.4 Å². The molecule has 0 bridgehead atoms. The van der Waals surface area contributed by atoms with Crippen LogP contribution in [0.4, 0.5) is 0 Å². The number of aliphatic imine (C=N–C) groups is 2. The number of benzene rings is 2. The molecule has 0 fully saturated rings. The predicted octanol–water partition coefficient (Wildman–Crippen LogP) is 7.79. The molecule has 0 amide bonds. The summed E-state index contributed by atoms with van der Waals surface area (Å²) in [4.78, 5) is 8.05.